The molecule has 206 valence electrons. The van der Waals surface area contributed by atoms with Crippen LogP contribution in [0.15, 0.2) is 115 Å². The summed E-state index contributed by atoms with van der Waals surface area (Å²) in [6.45, 7) is 0. The van der Waals surface area contributed by atoms with Crippen LogP contribution in [0.3, 0.4) is 0 Å². The van der Waals surface area contributed by atoms with Gasteiger partial charge in [-0.25, -0.2) is 9.97 Å². The highest BCUT2D eigenvalue weighted by Gasteiger charge is 2.18. The molecule has 6 aromatic rings. The van der Waals surface area contributed by atoms with Crippen molar-refractivity contribution in [2.24, 2.45) is 0 Å². The summed E-state index contributed by atoms with van der Waals surface area (Å²) in [5.74, 6) is 2.73. The molecule has 44 heavy (non-hydrogen) atoms. The van der Waals surface area contributed by atoms with Crippen LogP contribution in [0.25, 0.3) is 79.8 Å². The number of nitrogens with zero attached hydrogens (tertiary/aromatic N) is 2. The fraction of sp³-hybridized carbons (Fsp3) is 0. The molecule has 0 fully saturated rings. The van der Waals surface area contributed by atoms with Crippen molar-refractivity contribution in [2.75, 3.05) is 0 Å². The van der Waals surface area contributed by atoms with E-state index in [1.54, 1.807) is 0 Å². The number of H-pyrrole nitrogens is 2. The lowest BCUT2D eigenvalue weighted by Crippen LogP contribution is -1.91. The van der Waals surface area contributed by atoms with Crippen LogP contribution in [0.1, 0.15) is 28.3 Å². The van der Waals surface area contributed by atoms with Gasteiger partial charge in [0, 0.05) is 44.3 Å². The Morgan fingerprint density at radius 3 is 1.34 bits per heavy atom. The normalized spacial score (nSPS) is 11.9. The van der Waals surface area contributed by atoms with Gasteiger partial charge in [-0.2, -0.15) is 0 Å². The minimum atomic E-state index is 0.830. The molecule has 4 heteroatoms. The third-order valence-corrected chi connectivity index (χ3v) is 8.04. The zero-order chi connectivity index (χ0) is 29.5. The lowest BCUT2D eigenvalue weighted by molar-refractivity contribution is 1.28. The summed E-state index contributed by atoms with van der Waals surface area (Å²) in [6.07, 6.45) is 14.1. The maximum absolute atomic E-state index is 5.69. The number of aromatic amines is 2. The van der Waals surface area contributed by atoms with E-state index in [0.29, 0.717) is 0 Å². The molecule has 2 aliphatic rings. The van der Waals surface area contributed by atoms with Crippen LogP contribution in [-0.4, -0.2) is 19.9 Å². The first-order chi connectivity index (χ1) is 21.7. The highest BCUT2D eigenvalue weighted by atomic mass is 14.8. The second-order valence-electron chi connectivity index (χ2n) is 10.8. The van der Waals surface area contributed by atoms with Gasteiger partial charge in [-0.05, 0) is 83.5 Å². The molecule has 0 atom stereocenters. The molecule has 8 bridgehead atoms. The second kappa shape index (κ2) is 10.6. The first kappa shape index (κ1) is 25.5. The summed E-state index contributed by atoms with van der Waals surface area (Å²) in [4.78, 5) is 17.8. The maximum Gasteiger partial charge on any atom is 0.0738 e. The minimum Gasteiger partial charge on any atom is -0.355 e. The summed E-state index contributed by atoms with van der Waals surface area (Å²) in [6, 6.07) is 39.4. The van der Waals surface area contributed by atoms with Crippen LogP contribution in [0.5, 0.6) is 0 Å². The Labute approximate surface area is 255 Å². The quantitative estimate of drug-likeness (QED) is 0.211. The van der Waals surface area contributed by atoms with Crippen molar-refractivity contribution in [2.45, 2.75) is 0 Å². The number of terminal acetylenes is 1. The van der Waals surface area contributed by atoms with Crippen molar-refractivity contribution in [3.8, 4) is 45.7 Å². The number of hydrogen-bond acceptors (Lipinski definition) is 2. The van der Waals surface area contributed by atoms with Crippen molar-refractivity contribution in [3.05, 3.63) is 144 Å². The molecule has 3 aromatic heterocycles. The molecule has 5 heterocycles. The van der Waals surface area contributed by atoms with Crippen molar-refractivity contribution in [1.29, 1.82) is 0 Å². The molecular weight excluding hydrogens is 536 g/mol. The van der Waals surface area contributed by atoms with Crippen LogP contribution in [0, 0.1) is 12.3 Å². The van der Waals surface area contributed by atoms with Crippen molar-refractivity contribution < 1.29 is 0 Å². The standard InChI is InChI=1S/C40H26N4/c1-2-26-13-15-29(16-14-26)40-36-23-21-34(43-36)38(27-9-5-3-6-10-27)32-19-17-30(41-32)25-31-18-20-33(42-31)39(28-11-7-4-8-12-28)35-22-24-37(40)44-35/h1,3-25,41-42H. The van der Waals surface area contributed by atoms with Crippen molar-refractivity contribution in [3.63, 3.8) is 0 Å². The molecule has 0 amide bonds. The van der Waals surface area contributed by atoms with Crippen LogP contribution in [-0.2, 0) is 0 Å². The zero-order valence-electron chi connectivity index (χ0n) is 23.8. The number of fused-ring (bicyclic) bond motifs is 8. The van der Waals surface area contributed by atoms with E-state index in [4.69, 9.17) is 16.4 Å². The first-order valence-electron chi connectivity index (χ1n) is 14.5. The van der Waals surface area contributed by atoms with E-state index in [2.05, 4.69) is 131 Å². The average molecular weight is 563 g/mol. The monoisotopic (exact) mass is 562 g/mol. The van der Waals surface area contributed by atoms with Crippen LogP contribution >= 0.6 is 0 Å². The molecule has 4 nitrogen and oxygen atoms in total. The SMILES string of the molecule is C#Cc1ccc(-c2c3nc(c(-c4ccccc4)c4ccc(cc5ccc([nH]5)c(-c5ccccc5)c5nc2C=C5)[nH]4)C=C3)cc1. The van der Waals surface area contributed by atoms with E-state index >= 15 is 0 Å². The van der Waals surface area contributed by atoms with Gasteiger partial charge in [0.2, 0.25) is 0 Å². The van der Waals surface area contributed by atoms with Gasteiger partial charge in [0.05, 0.1) is 22.8 Å². The number of hydrogen-bond donors (Lipinski definition) is 2. The van der Waals surface area contributed by atoms with Gasteiger partial charge in [0.15, 0.2) is 0 Å². The van der Waals surface area contributed by atoms with Crippen LogP contribution in [0.4, 0.5) is 0 Å². The summed E-state index contributed by atoms with van der Waals surface area (Å²) in [5.41, 5.74) is 14.5. The van der Waals surface area contributed by atoms with E-state index in [9.17, 15) is 0 Å². The summed E-state index contributed by atoms with van der Waals surface area (Å²) in [7, 11) is 0. The smallest absolute Gasteiger partial charge is 0.0738 e. The molecule has 3 aromatic carbocycles. The maximum atomic E-state index is 5.69. The highest BCUT2D eigenvalue weighted by molar-refractivity contribution is 5.96. The minimum absolute atomic E-state index is 0.830. The predicted molar refractivity (Wildman–Crippen MR) is 183 cm³/mol. The Balaban J connectivity index is 1.53. The zero-order valence-corrected chi connectivity index (χ0v) is 23.8. The van der Waals surface area contributed by atoms with E-state index in [-0.39, 0.29) is 0 Å². The second-order valence-corrected chi connectivity index (χ2v) is 10.8. The van der Waals surface area contributed by atoms with Crippen molar-refractivity contribution >= 4 is 46.4 Å². The third kappa shape index (κ3) is 4.54. The van der Waals surface area contributed by atoms with Gasteiger partial charge < -0.3 is 9.97 Å². The molecule has 0 aliphatic carbocycles. The molecule has 0 spiro atoms. The number of aromatic nitrogens is 4. The molecule has 2 aliphatic heterocycles. The Kier molecular flexibility index (Phi) is 6.14. The largest absolute Gasteiger partial charge is 0.355 e. The average Bonchev–Trinajstić information content (AvgIpc) is 3.90. The molecule has 2 N–H and O–H groups in total. The van der Waals surface area contributed by atoms with Gasteiger partial charge in [-0.15, -0.1) is 6.42 Å². The fourth-order valence-corrected chi connectivity index (χ4v) is 5.99. The molecule has 0 saturated carbocycles. The molecule has 8 rings (SSSR count). The summed E-state index contributed by atoms with van der Waals surface area (Å²) >= 11 is 0. The lowest BCUT2D eigenvalue weighted by atomic mass is 10.0. The Hall–Kier alpha value is -6.18. The topological polar surface area (TPSA) is 57.4 Å². The van der Waals surface area contributed by atoms with Gasteiger partial charge in [0.1, 0.15) is 0 Å². The molecular formula is C40H26N4. The Morgan fingerprint density at radius 1 is 0.455 bits per heavy atom. The Bertz CT molecular complexity index is 2180. The third-order valence-electron chi connectivity index (χ3n) is 8.04. The Morgan fingerprint density at radius 2 is 0.886 bits per heavy atom. The van der Waals surface area contributed by atoms with Gasteiger partial charge >= 0.3 is 0 Å². The molecule has 0 saturated heterocycles. The molecule has 0 radical (unpaired) electrons. The number of rotatable bonds is 3. The number of nitrogens with one attached hydrogen (secondary N) is 2. The van der Waals surface area contributed by atoms with Crippen LogP contribution < -0.4 is 0 Å². The van der Waals surface area contributed by atoms with E-state index < -0.39 is 0 Å². The molecule has 0 unspecified atom stereocenters. The fourth-order valence-electron chi connectivity index (χ4n) is 5.99. The van der Waals surface area contributed by atoms with Crippen molar-refractivity contribution in [1.82, 2.24) is 19.9 Å². The first-order valence-corrected chi connectivity index (χ1v) is 14.5. The lowest BCUT2D eigenvalue weighted by Gasteiger charge is -2.06. The van der Waals surface area contributed by atoms with Gasteiger partial charge in [0.25, 0.3) is 0 Å². The predicted octanol–water partition coefficient (Wildman–Crippen LogP) is 9.64. The van der Waals surface area contributed by atoms with Gasteiger partial charge in [-0.3, -0.25) is 0 Å². The highest BCUT2D eigenvalue weighted by Crippen LogP contribution is 2.36. The van der Waals surface area contributed by atoms with E-state index in [1.165, 1.54) is 0 Å². The summed E-state index contributed by atoms with van der Waals surface area (Å²) < 4.78 is 0. The number of benzene rings is 3. The van der Waals surface area contributed by atoms with E-state index in [0.717, 1.165) is 83.8 Å². The van der Waals surface area contributed by atoms with E-state index in [1.807, 2.05) is 24.3 Å². The summed E-state index contributed by atoms with van der Waals surface area (Å²) in [5, 5.41) is 0. The van der Waals surface area contributed by atoms with Crippen LogP contribution in [0.2, 0.25) is 0 Å². The van der Waals surface area contributed by atoms with Gasteiger partial charge in [-0.1, -0.05) is 78.7 Å².